The number of thioether (sulfide) groups is 1. The summed E-state index contributed by atoms with van der Waals surface area (Å²) < 4.78 is 4.91. The van der Waals surface area contributed by atoms with Gasteiger partial charge in [-0.15, -0.1) is 11.8 Å². The molecule has 1 aromatic carbocycles. The zero-order valence-corrected chi connectivity index (χ0v) is 10.5. The fourth-order valence-corrected chi connectivity index (χ4v) is 2.26. The molecule has 0 N–H and O–H groups in total. The summed E-state index contributed by atoms with van der Waals surface area (Å²) in [5.41, 5.74) is 0.326. The molecular weight excluding hydrogens is 242 g/mol. The van der Waals surface area contributed by atoms with Crippen molar-refractivity contribution >= 4 is 23.2 Å². The first-order chi connectivity index (χ1) is 8.06. The molecule has 92 valence electrons. The van der Waals surface area contributed by atoms with Crippen molar-refractivity contribution in [2.75, 3.05) is 19.5 Å². The van der Waals surface area contributed by atoms with E-state index in [1.54, 1.807) is 13.2 Å². The minimum atomic E-state index is -0.504. The molecule has 17 heavy (non-hydrogen) atoms. The maximum atomic E-state index is 11.4. The van der Waals surface area contributed by atoms with Crippen molar-refractivity contribution in [3.63, 3.8) is 0 Å². The number of hydrogen-bond acceptors (Lipinski definition) is 5. The van der Waals surface area contributed by atoms with E-state index in [1.807, 2.05) is 0 Å². The topological polar surface area (TPSA) is 69.4 Å². The Hall–Kier alpha value is -1.40. The van der Waals surface area contributed by atoms with Gasteiger partial charge >= 0.3 is 0 Å². The van der Waals surface area contributed by atoms with Gasteiger partial charge in [0.05, 0.1) is 11.5 Å². The van der Waals surface area contributed by atoms with Gasteiger partial charge < -0.3 is 4.74 Å². The third-order valence-electron chi connectivity index (χ3n) is 2.10. The number of carbonyl (C=O) groups excluding carboxylic acids is 1. The van der Waals surface area contributed by atoms with Crippen molar-refractivity contribution in [3.8, 4) is 0 Å². The number of ketones is 1. The average molecular weight is 255 g/mol. The molecule has 1 rings (SSSR count). The highest BCUT2D eigenvalue weighted by Gasteiger charge is 2.13. The van der Waals surface area contributed by atoms with E-state index in [2.05, 4.69) is 0 Å². The molecule has 6 heteroatoms. The van der Waals surface area contributed by atoms with Crippen LogP contribution in [-0.4, -0.2) is 30.2 Å². The number of nitro benzene ring substituents is 1. The highest BCUT2D eigenvalue weighted by atomic mass is 32.2. The molecule has 0 bridgehead atoms. The SMILES string of the molecule is COCCSc1ccc([N+](=O)[O-])cc1C(C)=O. The van der Waals surface area contributed by atoms with Gasteiger partial charge in [-0.3, -0.25) is 14.9 Å². The summed E-state index contributed by atoms with van der Waals surface area (Å²) in [7, 11) is 1.60. The maximum Gasteiger partial charge on any atom is 0.270 e. The molecule has 0 fully saturated rings. The molecule has 0 radical (unpaired) electrons. The smallest absolute Gasteiger partial charge is 0.270 e. The van der Waals surface area contributed by atoms with Crippen LogP contribution in [0.2, 0.25) is 0 Å². The van der Waals surface area contributed by atoms with Crippen LogP contribution < -0.4 is 0 Å². The van der Waals surface area contributed by atoms with E-state index in [9.17, 15) is 14.9 Å². The van der Waals surface area contributed by atoms with Crippen LogP contribution in [0.1, 0.15) is 17.3 Å². The first-order valence-electron chi connectivity index (χ1n) is 4.97. The number of rotatable bonds is 6. The molecule has 0 saturated heterocycles. The van der Waals surface area contributed by atoms with Crippen LogP contribution in [0.5, 0.6) is 0 Å². The van der Waals surface area contributed by atoms with Crippen LogP contribution in [0.3, 0.4) is 0 Å². The number of ether oxygens (including phenoxy) is 1. The highest BCUT2D eigenvalue weighted by Crippen LogP contribution is 2.27. The molecule has 0 aliphatic carbocycles. The van der Waals surface area contributed by atoms with E-state index < -0.39 is 4.92 Å². The second-order valence-corrected chi connectivity index (χ2v) is 4.47. The highest BCUT2D eigenvalue weighted by molar-refractivity contribution is 7.99. The Labute approximate surface area is 103 Å². The van der Waals surface area contributed by atoms with E-state index >= 15 is 0 Å². The fourth-order valence-electron chi connectivity index (χ4n) is 1.27. The van der Waals surface area contributed by atoms with Gasteiger partial charge in [-0.05, 0) is 13.0 Å². The largest absolute Gasteiger partial charge is 0.384 e. The van der Waals surface area contributed by atoms with Crippen LogP contribution in [0.25, 0.3) is 0 Å². The molecule has 0 heterocycles. The van der Waals surface area contributed by atoms with Gasteiger partial charge in [0.25, 0.3) is 5.69 Å². The predicted molar refractivity (Wildman–Crippen MR) is 65.7 cm³/mol. The second-order valence-electron chi connectivity index (χ2n) is 3.34. The van der Waals surface area contributed by atoms with Gasteiger partial charge in [-0.1, -0.05) is 0 Å². The monoisotopic (exact) mass is 255 g/mol. The number of hydrogen-bond donors (Lipinski definition) is 0. The molecule has 0 aliphatic rings. The summed E-state index contributed by atoms with van der Waals surface area (Å²) in [5.74, 6) is 0.530. The molecule has 0 saturated carbocycles. The first-order valence-corrected chi connectivity index (χ1v) is 5.96. The Balaban J connectivity index is 2.96. The van der Waals surface area contributed by atoms with Crippen LogP contribution in [-0.2, 0) is 4.74 Å². The van der Waals surface area contributed by atoms with Crippen LogP contribution in [0.4, 0.5) is 5.69 Å². The molecule has 1 aromatic rings. The van der Waals surface area contributed by atoms with Crippen LogP contribution in [0.15, 0.2) is 23.1 Å². The summed E-state index contributed by atoms with van der Waals surface area (Å²) in [4.78, 5) is 22.3. The lowest BCUT2D eigenvalue weighted by Crippen LogP contribution is -1.99. The maximum absolute atomic E-state index is 11.4. The molecule has 0 aliphatic heterocycles. The van der Waals surface area contributed by atoms with Gasteiger partial charge in [-0.25, -0.2) is 0 Å². The van der Waals surface area contributed by atoms with Crippen LogP contribution >= 0.6 is 11.8 Å². The van der Waals surface area contributed by atoms with E-state index in [0.717, 1.165) is 4.90 Å². The number of nitro groups is 1. The van der Waals surface area contributed by atoms with Crippen molar-refractivity contribution < 1.29 is 14.5 Å². The summed E-state index contributed by atoms with van der Waals surface area (Å²) in [6.45, 7) is 1.97. The molecule has 0 spiro atoms. The molecular formula is C11H13NO4S. The number of non-ortho nitro benzene ring substituents is 1. The van der Waals surface area contributed by atoms with Crippen LogP contribution in [0, 0.1) is 10.1 Å². The lowest BCUT2D eigenvalue weighted by molar-refractivity contribution is -0.384. The molecule has 0 aromatic heterocycles. The Morgan fingerprint density at radius 2 is 2.24 bits per heavy atom. The van der Waals surface area contributed by atoms with Crippen molar-refractivity contribution in [3.05, 3.63) is 33.9 Å². The predicted octanol–water partition coefficient (Wildman–Crippen LogP) is 2.54. The number of methoxy groups -OCH3 is 1. The van der Waals surface area contributed by atoms with Gasteiger partial charge in [0.2, 0.25) is 0 Å². The van der Waals surface area contributed by atoms with E-state index in [4.69, 9.17) is 4.74 Å². The minimum Gasteiger partial charge on any atom is -0.384 e. The van der Waals surface area contributed by atoms with Gasteiger partial charge in [0, 0.05) is 35.5 Å². The summed E-state index contributed by atoms with van der Waals surface area (Å²) >= 11 is 1.45. The van der Waals surface area contributed by atoms with Crippen molar-refractivity contribution in [1.82, 2.24) is 0 Å². The minimum absolute atomic E-state index is 0.0636. The standard InChI is InChI=1S/C11H13NO4S/c1-8(13)10-7-9(12(14)15)3-4-11(10)17-6-5-16-2/h3-4,7H,5-6H2,1-2H3. The number of carbonyl (C=O) groups is 1. The average Bonchev–Trinajstić information content (AvgIpc) is 2.29. The molecule has 0 amide bonds. The molecule has 5 nitrogen and oxygen atoms in total. The molecule has 0 atom stereocenters. The summed E-state index contributed by atoms with van der Waals surface area (Å²) in [5, 5.41) is 10.6. The Bertz CT molecular complexity index is 433. The van der Waals surface area contributed by atoms with Gasteiger partial charge in [0.15, 0.2) is 5.78 Å². The third kappa shape index (κ3) is 3.83. The number of Topliss-reactive ketones (excluding diaryl/α,β-unsaturated/α-hetero) is 1. The fraction of sp³-hybridized carbons (Fsp3) is 0.364. The zero-order valence-electron chi connectivity index (χ0n) is 9.63. The normalized spacial score (nSPS) is 10.2. The van der Waals surface area contributed by atoms with E-state index in [-0.39, 0.29) is 11.5 Å². The lowest BCUT2D eigenvalue weighted by Gasteiger charge is -2.06. The van der Waals surface area contributed by atoms with E-state index in [1.165, 1.54) is 30.8 Å². The van der Waals surface area contributed by atoms with Crippen molar-refractivity contribution in [2.24, 2.45) is 0 Å². The summed E-state index contributed by atoms with van der Waals surface area (Å²) in [6.07, 6.45) is 0. The summed E-state index contributed by atoms with van der Waals surface area (Å²) in [6, 6.07) is 4.33. The second kappa shape index (κ2) is 6.36. The lowest BCUT2D eigenvalue weighted by atomic mass is 10.1. The number of nitrogens with zero attached hydrogens (tertiary/aromatic N) is 1. The Morgan fingerprint density at radius 1 is 1.53 bits per heavy atom. The molecule has 0 unspecified atom stereocenters. The number of benzene rings is 1. The first kappa shape index (κ1) is 13.7. The van der Waals surface area contributed by atoms with Crippen molar-refractivity contribution in [1.29, 1.82) is 0 Å². The third-order valence-corrected chi connectivity index (χ3v) is 3.14. The quantitative estimate of drug-likeness (QED) is 0.257. The Kier molecular flexibility index (Phi) is 5.11. The van der Waals surface area contributed by atoms with Crippen molar-refractivity contribution in [2.45, 2.75) is 11.8 Å². The Morgan fingerprint density at radius 3 is 2.76 bits per heavy atom. The van der Waals surface area contributed by atoms with E-state index in [0.29, 0.717) is 17.9 Å². The zero-order chi connectivity index (χ0) is 12.8. The van der Waals surface area contributed by atoms with Gasteiger partial charge in [-0.2, -0.15) is 0 Å². The van der Waals surface area contributed by atoms with Gasteiger partial charge in [0.1, 0.15) is 0 Å².